The molecule has 0 aromatic heterocycles. The van der Waals surface area contributed by atoms with E-state index in [0.29, 0.717) is 0 Å². The summed E-state index contributed by atoms with van der Waals surface area (Å²) in [5, 5.41) is 0. The van der Waals surface area contributed by atoms with Crippen LogP contribution >= 0.6 is 12.2 Å². The molecule has 0 radical (unpaired) electrons. The Bertz CT molecular complexity index is 112. The van der Waals surface area contributed by atoms with Crippen molar-refractivity contribution in [3.63, 3.8) is 0 Å². The molecule has 2 N–H and O–H groups in total. The first-order chi connectivity index (χ1) is 4.41. The maximum atomic E-state index is 4.54. The van der Waals surface area contributed by atoms with Crippen LogP contribution in [0.5, 0.6) is 0 Å². The molecule has 48 valence electrons. The van der Waals surface area contributed by atoms with Gasteiger partial charge in [-0.05, 0) is 0 Å². The lowest BCUT2D eigenvalue weighted by molar-refractivity contribution is 1.72. The van der Waals surface area contributed by atoms with E-state index in [9.17, 15) is 0 Å². The highest BCUT2D eigenvalue weighted by molar-refractivity contribution is 7.78. The quantitative estimate of drug-likeness (QED) is 0.552. The van der Waals surface area contributed by atoms with Gasteiger partial charge in [0.15, 0.2) is 0 Å². The van der Waals surface area contributed by atoms with Gasteiger partial charge in [0.25, 0.3) is 0 Å². The van der Waals surface area contributed by atoms with E-state index in [0.717, 1.165) is 5.49 Å². The molecule has 9 heavy (non-hydrogen) atoms. The second kappa shape index (κ2) is 7.11. The third-order valence-electron chi connectivity index (χ3n) is 0.667. The van der Waals surface area contributed by atoms with Gasteiger partial charge in [-0.15, -0.1) is 0 Å². The predicted molar refractivity (Wildman–Crippen MR) is 44.3 cm³/mol. The monoisotopic (exact) mass is 139 g/mol. The number of rotatable bonds is 0. The molecule has 1 aromatic carbocycles. The van der Waals surface area contributed by atoms with Gasteiger partial charge in [0.2, 0.25) is 0 Å². The summed E-state index contributed by atoms with van der Waals surface area (Å²) in [5.41, 5.74) is 5.62. The van der Waals surface area contributed by atoms with E-state index in [1.165, 1.54) is 0 Å². The van der Waals surface area contributed by atoms with Crippen molar-refractivity contribution in [3.05, 3.63) is 36.4 Å². The second-order valence-electron chi connectivity index (χ2n) is 1.29. The molecular weight excluding hydrogens is 130 g/mol. The standard InChI is InChI=1S/C6H6.CH3NS/c1-2-4-6-5-3-1;2-1-3/h1-6H;1H,(H2,2,3). The Kier molecular flexibility index (Phi) is 6.41. The number of hydrogen-bond acceptors (Lipinski definition) is 1. The van der Waals surface area contributed by atoms with Gasteiger partial charge in [0.05, 0.1) is 5.49 Å². The van der Waals surface area contributed by atoms with Crippen LogP contribution in [0.1, 0.15) is 0 Å². The van der Waals surface area contributed by atoms with Gasteiger partial charge >= 0.3 is 0 Å². The maximum absolute atomic E-state index is 4.54. The fraction of sp³-hybridized carbons (Fsp3) is 0. The number of benzene rings is 1. The average Bonchev–Trinajstić information content (AvgIpc) is 1.93. The highest BCUT2D eigenvalue weighted by Crippen LogP contribution is 1.79. The molecule has 0 fully saturated rings. The van der Waals surface area contributed by atoms with Crippen molar-refractivity contribution in [2.24, 2.45) is 5.73 Å². The molecule has 0 aliphatic rings. The summed E-state index contributed by atoms with van der Waals surface area (Å²) in [4.78, 5) is 0. The van der Waals surface area contributed by atoms with E-state index in [-0.39, 0.29) is 0 Å². The van der Waals surface area contributed by atoms with E-state index in [1.54, 1.807) is 0 Å². The smallest absolute Gasteiger partial charge is 0.0588 e. The topological polar surface area (TPSA) is 26.0 Å². The molecule has 0 saturated carbocycles. The van der Waals surface area contributed by atoms with Crippen molar-refractivity contribution in [2.75, 3.05) is 0 Å². The molecule has 0 atom stereocenters. The van der Waals surface area contributed by atoms with Crippen LogP contribution < -0.4 is 5.73 Å². The van der Waals surface area contributed by atoms with Gasteiger partial charge in [-0.3, -0.25) is 0 Å². The molecule has 0 unspecified atom stereocenters. The highest BCUT2D eigenvalue weighted by Gasteiger charge is 1.57. The van der Waals surface area contributed by atoms with Crippen LogP contribution in [-0.4, -0.2) is 5.49 Å². The number of thiocarbonyl (C=S) groups is 1. The van der Waals surface area contributed by atoms with Gasteiger partial charge < -0.3 is 5.73 Å². The van der Waals surface area contributed by atoms with E-state index in [2.05, 4.69) is 18.0 Å². The summed E-state index contributed by atoms with van der Waals surface area (Å²) in [6, 6.07) is 12.0. The first kappa shape index (κ1) is 8.11. The van der Waals surface area contributed by atoms with E-state index in [4.69, 9.17) is 0 Å². The normalized spacial score (nSPS) is 6.67. The predicted octanol–water partition coefficient (Wildman–Crippen LogP) is 1.59. The highest BCUT2D eigenvalue weighted by atomic mass is 32.1. The molecule has 1 aromatic rings. The molecule has 0 amide bonds. The van der Waals surface area contributed by atoms with Gasteiger partial charge in [0.1, 0.15) is 0 Å². The summed E-state index contributed by atoms with van der Waals surface area (Å²) in [6.07, 6.45) is 0. The first-order valence-electron chi connectivity index (χ1n) is 2.57. The van der Waals surface area contributed by atoms with Crippen LogP contribution in [0.15, 0.2) is 36.4 Å². The fourth-order valence-corrected chi connectivity index (χ4v) is 0.385. The summed E-state index contributed by atoms with van der Waals surface area (Å²) in [7, 11) is 0. The zero-order valence-corrected chi connectivity index (χ0v) is 5.84. The zero-order valence-electron chi connectivity index (χ0n) is 5.03. The third kappa shape index (κ3) is 7.11. The Balaban J connectivity index is 0.000000187. The van der Waals surface area contributed by atoms with E-state index < -0.39 is 0 Å². The maximum Gasteiger partial charge on any atom is 0.0588 e. The molecule has 2 heteroatoms. The summed E-state index contributed by atoms with van der Waals surface area (Å²) < 4.78 is 0. The van der Waals surface area contributed by atoms with Crippen LogP contribution in [-0.2, 0) is 0 Å². The summed E-state index contributed by atoms with van der Waals surface area (Å²) in [5.74, 6) is 0. The number of hydrogen-bond donors (Lipinski definition) is 1. The lowest BCUT2D eigenvalue weighted by Gasteiger charge is -1.69. The van der Waals surface area contributed by atoms with Crippen LogP contribution in [0, 0.1) is 0 Å². The Morgan fingerprint density at radius 2 is 1.00 bits per heavy atom. The van der Waals surface area contributed by atoms with Crippen molar-refractivity contribution in [1.82, 2.24) is 0 Å². The molecule has 0 aliphatic heterocycles. The van der Waals surface area contributed by atoms with Crippen molar-refractivity contribution in [1.29, 1.82) is 0 Å². The van der Waals surface area contributed by atoms with E-state index >= 15 is 0 Å². The molecule has 1 nitrogen and oxygen atoms in total. The lowest BCUT2D eigenvalue weighted by atomic mass is 10.4. The summed E-state index contributed by atoms with van der Waals surface area (Å²) >= 11 is 4.05. The summed E-state index contributed by atoms with van der Waals surface area (Å²) in [6.45, 7) is 0. The first-order valence-corrected chi connectivity index (χ1v) is 3.04. The molecule has 0 heterocycles. The molecule has 0 spiro atoms. The molecule has 0 aliphatic carbocycles. The third-order valence-corrected chi connectivity index (χ3v) is 0.667. The average molecular weight is 139 g/mol. The zero-order chi connectivity index (χ0) is 6.95. The fourth-order valence-electron chi connectivity index (χ4n) is 0.385. The van der Waals surface area contributed by atoms with Crippen molar-refractivity contribution < 1.29 is 0 Å². The van der Waals surface area contributed by atoms with E-state index in [1.807, 2.05) is 36.4 Å². The Hall–Kier alpha value is -0.890. The minimum absolute atomic E-state index is 1.08. The van der Waals surface area contributed by atoms with Gasteiger partial charge in [-0.2, -0.15) is 0 Å². The SMILES string of the molecule is NC=S.c1ccccc1. The van der Waals surface area contributed by atoms with Gasteiger partial charge in [0, 0.05) is 0 Å². The largest absolute Gasteiger partial charge is 0.396 e. The van der Waals surface area contributed by atoms with Crippen LogP contribution in [0.25, 0.3) is 0 Å². The second-order valence-corrected chi connectivity index (χ2v) is 1.56. The molecule has 1 rings (SSSR count). The lowest BCUT2D eigenvalue weighted by Crippen LogP contribution is -1.79. The van der Waals surface area contributed by atoms with Gasteiger partial charge in [-0.25, -0.2) is 0 Å². The molecule has 0 bridgehead atoms. The molecule has 0 saturated heterocycles. The van der Waals surface area contributed by atoms with Crippen molar-refractivity contribution in [3.8, 4) is 0 Å². The minimum atomic E-state index is 1.08. The van der Waals surface area contributed by atoms with Gasteiger partial charge in [-0.1, -0.05) is 48.6 Å². The van der Waals surface area contributed by atoms with Crippen molar-refractivity contribution >= 4 is 17.7 Å². The van der Waals surface area contributed by atoms with Crippen LogP contribution in [0.4, 0.5) is 0 Å². The Morgan fingerprint density at radius 3 is 1.11 bits per heavy atom. The Labute approximate surface area is 60.5 Å². The number of nitrogens with two attached hydrogens (primary N) is 1. The minimum Gasteiger partial charge on any atom is -0.396 e. The Morgan fingerprint density at radius 1 is 0.889 bits per heavy atom. The molecular formula is C7H9NS. The van der Waals surface area contributed by atoms with Crippen LogP contribution in [0.2, 0.25) is 0 Å². The van der Waals surface area contributed by atoms with Crippen LogP contribution in [0.3, 0.4) is 0 Å². The van der Waals surface area contributed by atoms with Crippen molar-refractivity contribution in [2.45, 2.75) is 0 Å².